The number of benzene rings is 2. The second kappa shape index (κ2) is 8.29. The Bertz CT molecular complexity index is 1190. The number of rotatable bonds is 5. The number of carbonyl (C=O) groups is 1. The lowest BCUT2D eigenvalue weighted by Gasteiger charge is -2.16. The third-order valence-electron chi connectivity index (χ3n) is 5.01. The van der Waals surface area contributed by atoms with E-state index in [-0.39, 0.29) is 11.9 Å². The lowest BCUT2D eigenvalue weighted by Crippen LogP contribution is -2.21. The van der Waals surface area contributed by atoms with Gasteiger partial charge in [0.1, 0.15) is 12.1 Å². The third kappa shape index (κ3) is 3.98. The van der Waals surface area contributed by atoms with E-state index < -0.39 is 0 Å². The van der Waals surface area contributed by atoms with Crippen LogP contribution in [0.5, 0.6) is 0 Å². The zero-order valence-electron chi connectivity index (χ0n) is 17.2. The minimum absolute atomic E-state index is 0.0764. The molecular weight excluding hydrogens is 374 g/mol. The first kappa shape index (κ1) is 19.5. The zero-order valence-corrected chi connectivity index (χ0v) is 17.2. The van der Waals surface area contributed by atoms with E-state index in [2.05, 4.69) is 39.3 Å². The number of nitrogens with one attached hydrogen (secondary N) is 1. The summed E-state index contributed by atoms with van der Waals surface area (Å²) in [4.78, 5) is 27.0. The SMILES string of the molecule is CC(Nc1ncnc2ccc(-c3cncc(C(=O)N(C)C)c3)cc12)c1ccccc1. The fourth-order valence-corrected chi connectivity index (χ4v) is 3.35. The van der Waals surface area contributed by atoms with Crippen LogP contribution in [0.4, 0.5) is 5.82 Å². The fourth-order valence-electron chi connectivity index (χ4n) is 3.35. The van der Waals surface area contributed by atoms with Gasteiger partial charge in [0.15, 0.2) is 0 Å². The number of nitrogens with zero attached hydrogens (tertiary/aromatic N) is 4. The van der Waals surface area contributed by atoms with Crippen LogP contribution < -0.4 is 5.32 Å². The van der Waals surface area contributed by atoms with Gasteiger partial charge in [-0.25, -0.2) is 9.97 Å². The molecule has 4 rings (SSSR count). The van der Waals surface area contributed by atoms with Crippen molar-refractivity contribution in [1.29, 1.82) is 0 Å². The molecule has 2 aromatic heterocycles. The van der Waals surface area contributed by atoms with Gasteiger partial charge in [-0.15, -0.1) is 0 Å². The Morgan fingerprint density at radius 1 is 0.967 bits per heavy atom. The topological polar surface area (TPSA) is 71.0 Å². The van der Waals surface area contributed by atoms with Crippen molar-refractivity contribution >= 4 is 22.6 Å². The Kier molecular flexibility index (Phi) is 5.39. The average molecular weight is 397 g/mol. The Hall–Kier alpha value is -3.80. The van der Waals surface area contributed by atoms with Crippen molar-refractivity contribution in [2.75, 3.05) is 19.4 Å². The summed E-state index contributed by atoms with van der Waals surface area (Å²) in [5, 5.41) is 4.42. The molecule has 0 fully saturated rings. The molecule has 4 aromatic rings. The molecule has 1 unspecified atom stereocenters. The van der Waals surface area contributed by atoms with Crippen LogP contribution in [0.1, 0.15) is 28.9 Å². The standard InChI is InChI=1S/C24H23N5O/c1-16(17-7-5-4-6-8-17)28-23-21-12-18(9-10-22(21)26-15-27-23)19-11-20(14-25-13-19)24(30)29(2)3/h4-16H,1-3H3,(H,26,27,28). The molecule has 0 saturated carbocycles. The molecule has 6 nitrogen and oxygen atoms in total. The number of anilines is 1. The van der Waals surface area contributed by atoms with E-state index in [0.717, 1.165) is 27.8 Å². The van der Waals surface area contributed by atoms with E-state index in [9.17, 15) is 4.79 Å². The molecule has 6 heteroatoms. The molecular formula is C24H23N5O. The second-order valence-electron chi connectivity index (χ2n) is 7.39. The summed E-state index contributed by atoms with van der Waals surface area (Å²) >= 11 is 0. The molecule has 1 N–H and O–H groups in total. The monoisotopic (exact) mass is 397 g/mol. The van der Waals surface area contributed by atoms with E-state index in [1.807, 2.05) is 42.5 Å². The van der Waals surface area contributed by atoms with E-state index in [0.29, 0.717) is 5.56 Å². The van der Waals surface area contributed by atoms with Gasteiger partial charge < -0.3 is 10.2 Å². The molecule has 0 spiro atoms. The van der Waals surface area contributed by atoms with Crippen molar-refractivity contribution in [3.8, 4) is 11.1 Å². The number of fused-ring (bicyclic) bond motifs is 1. The van der Waals surface area contributed by atoms with Gasteiger partial charge in [-0.1, -0.05) is 36.4 Å². The van der Waals surface area contributed by atoms with E-state index in [1.54, 1.807) is 37.7 Å². The highest BCUT2D eigenvalue weighted by molar-refractivity contribution is 5.96. The largest absolute Gasteiger partial charge is 0.363 e. The van der Waals surface area contributed by atoms with Crippen molar-refractivity contribution < 1.29 is 4.79 Å². The van der Waals surface area contributed by atoms with Gasteiger partial charge in [-0.2, -0.15) is 0 Å². The Morgan fingerprint density at radius 3 is 2.53 bits per heavy atom. The summed E-state index contributed by atoms with van der Waals surface area (Å²) in [7, 11) is 3.46. The number of aromatic nitrogens is 3. The second-order valence-corrected chi connectivity index (χ2v) is 7.39. The molecule has 150 valence electrons. The lowest BCUT2D eigenvalue weighted by atomic mass is 10.0. The summed E-state index contributed by atoms with van der Waals surface area (Å²) in [5.41, 5.74) is 4.41. The van der Waals surface area contributed by atoms with Crippen molar-refractivity contribution in [3.05, 3.63) is 84.4 Å². The van der Waals surface area contributed by atoms with Crippen LogP contribution in [-0.4, -0.2) is 39.9 Å². The first-order valence-electron chi connectivity index (χ1n) is 9.76. The summed E-state index contributed by atoms with van der Waals surface area (Å²) < 4.78 is 0. The van der Waals surface area contributed by atoms with Crippen LogP contribution in [0.15, 0.2) is 73.3 Å². The molecule has 30 heavy (non-hydrogen) atoms. The highest BCUT2D eigenvalue weighted by Crippen LogP contribution is 2.29. The Morgan fingerprint density at radius 2 is 1.77 bits per heavy atom. The smallest absolute Gasteiger partial charge is 0.254 e. The predicted octanol–water partition coefficient (Wildman–Crippen LogP) is 4.57. The molecule has 0 aliphatic rings. The van der Waals surface area contributed by atoms with Gasteiger partial charge in [0.2, 0.25) is 0 Å². The molecule has 0 radical (unpaired) electrons. The molecule has 1 atom stereocenters. The normalized spacial score (nSPS) is 11.8. The van der Waals surface area contributed by atoms with Crippen molar-refractivity contribution in [3.63, 3.8) is 0 Å². The zero-order chi connectivity index (χ0) is 21.1. The Balaban J connectivity index is 1.71. The molecule has 0 aliphatic heterocycles. The van der Waals surface area contributed by atoms with Crippen LogP contribution in [0.3, 0.4) is 0 Å². The van der Waals surface area contributed by atoms with Gasteiger partial charge in [0, 0.05) is 43.5 Å². The maximum Gasteiger partial charge on any atom is 0.254 e. The highest BCUT2D eigenvalue weighted by atomic mass is 16.2. The van der Waals surface area contributed by atoms with Crippen LogP contribution in [-0.2, 0) is 0 Å². The maximum absolute atomic E-state index is 12.3. The number of carbonyl (C=O) groups excluding carboxylic acids is 1. The number of hydrogen-bond acceptors (Lipinski definition) is 5. The molecule has 0 bridgehead atoms. The molecule has 2 heterocycles. The number of amides is 1. The van der Waals surface area contributed by atoms with Gasteiger partial charge in [-0.3, -0.25) is 9.78 Å². The quantitative estimate of drug-likeness (QED) is 0.534. The lowest BCUT2D eigenvalue weighted by molar-refractivity contribution is 0.0827. The van der Waals surface area contributed by atoms with Crippen LogP contribution >= 0.6 is 0 Å². The average Bonchev–Trinajstić information content (AvgIpc) is 2.79. The van der Waals surface area contributed by atoms with Crippen molar-refractivity contribution in [1.82, 2.24) is 19.9 Å². The number of pyridine rings is 1. The van der Waals surface area contributed by atoms with Crippen molar-refractivity contribution in [2.45, 2.75) is 13.0 Å². The van der Waals surface area contributed by atoms with E-state index in [4.69, 9.17) is 0 Å². The minimum atomic E-state index is -0.0764. The van der Waals surface area contributed by atoms with Crippen LogP contribution in [0.25, 0.3) is 22.0 Å². The summed E-state index contributed by atoms with van der Waals surface area (Å²) in [6.07, 6.45) is 4.92. The first-order valence-corrected chi connectivity index (χ1v) is 9.76. The summed E-state index contributed by atoms with van der Waals surface area (Å²) in [6.45, 7) is 2.10. The summed E-state index contributed by atoms with van der Waals surface area (Å²) in [6, 6.07) is 18.2. The molecule has 2 aromatic carbocycles. The molecule has 0 saturated heterocycles. The van der Waals surface area contributed by atoms with Crippen molar-refractivity contribution in [2.24, 2.45) is 0 Å². The highest BCUT2D eigenvalue weighted by Gasteiger charge is 2.13. The minimum Gasteiger partial charge on any atom is -0.363 e. The predicted molar refractivity (Wildman–Crippen MR) is 119 cm³/mol. The van der Waals surface area contributed by atoms with Crippen LogP contribution in [0.2, 0.25) is 0 Å². The van der Waals surface area contributed by atoms with Gasteiger partial charge in [0.05, 0.1) is 11.1 Å². The molecule has 1 amide bonds. The third-order valence-corrected chi connectivity index (χ3v) is 5.01. The van der Waals surface area contributed by atoms with Gasteiger partial charge in [0.25, 0.3) is 5.91 Å². The summed E-state index contributed by atoms with van der Waals surface area (Å²) in [5.74, 6) is 0.694. The maximum atomic E-state index is 12.3. The van der Waals surface area contributed by atoms with Crippen LogP contribution in [0, 0.1) is 0 Å². The molecule has 0 aliphatic carbocycles. The first-order chi connectivity index (χ1) is 14.5. The fraction of sp³-hybridized carbons (Fsp3) is 0.167. The Labute approximate surface area is 175 Å². The van der Waals surface area contributed by atoms with E-state index >= 15 is 0 Å². The van der Waals surface area contributed by atoms with Gasteiger partial charge >= 0.3 is 0 Å². The number of hydrogen-bond donors (Lipinski definition) is 1. The van der Waals surface area contributed by atoms with E-state index in [1.165, 1.54) is 5.56 Å². The van der Waals surface area contributed by atoms with Gasteiger partial charge in [-0.05, 0) is 36.2 Å².